The standard InChI is InChI=1S/C40H44N4O8S2/c1-23-21-25(3)39(53(47,48)43-13-17-51-18-14-43)27(5)35(23)41-31-11-12-32(34-33(31)37(45)29-9-7-8-10-30(29)38(34)46)42-36-24(2)22-26(4)40(28(36)6)54(49,50)44-15-19-52-20-16-44/h7-12,21-22,41-42H,13-20H2,1-6H3. The molecule has 0 aromatic heterocycles. The predicted molar refractivity (Wildman–Crippen MR) is 207 cm³/mol. The Morgan fingerprint density at radius 2 is 0.889 bits per heavy atom. The van der Waals surface area contributed by atoms with E-state index in [9.17, 15) is 26.4 Å². The van der Waals surface area contributed by atoms with Crippen LogP contribution in [0.3, 0.4) is 0 Å². The number of fused-ring (bicyclic) bond motifs is 2. The molecule has 2 heterocycles. The normalized spacial score (nSPS) is 16.9. The van der Waals surface area contributed by atoms with Crippen LogP contribution in [0, 0.1) is 41.5 Å². The molecule has 0 unspecified atom stereocenters. The Kier molecular flexibility index (Phi) is 10.0. The van der Waals surface area contributed by atoms with E-state index < -0.39 is 20.0 Å². The number of rotatable bonds is 8. The first-order valence-electron chi connectivity index (χ1n) is 17.9. The van der Waals surface area contributed by atoms with E-state index in [1.807, 2.05) is 13.8 Å². The maximum atomic E-state index is 14.4. The van der Waals surface area contributed by atoms with Gasteiger partial charge in [0.25, 0.3) is 0 Å². The Bertz CT molecular complexity index is 2280. The number of hydrogen-bond donors (Lipinski definition) is 2. The summed E-state index contributed by atoms with van der Waals surface area (Å²) in [5.41, 5.74) is 6.16. The van der Waals surface area contributed by atoms with Crippen LogP contribution in [0.1, 0.15) is 65.2 Å². The first-order valence-corrected chi connectivity index (χ1v) is 20.8. The van der Waals surface area contributed by atoms with Gasteiger partial charge in [0.05, 0.1) is 58.7 Å². The number of nitrogens with one attached hydrogen (secondary N) is 2. The molecule has 0 bridgehead atoms. The monoisotopic (exact) mass is 772 g/mol. The minimum atomic E-state index is -3.88. The van der Waals surface area contributed by atoms with Crippen molar-refractivity contribution in [1.82, 2.24) is 8.61 Å². The molecule has 14 heteroatoms. The second-order valence-electron chi connectivity index (χ2n) is 14.1. The van der Waals surface area contributed by atoms with E-state index in [0.717, 1.165) is 11.1 Å². The van der Waals surface area contributed by atoms with Crippen molar-refractivity contribution >= 4 is 54.4 Å². The number of hydrogen-bond acceptors (Lipinski definition) is 10. The van der Waals surface area contributed by atoms with Crippen molar-refractivity contribution in [3.05, 3.63) is 104 Å². The molecule has 2 N–H and O–H groups in total. The molecule has 4 aromatic carbocycles. The minimum Gasteiger partial charge on any atom is -0.379 e. The molecule has 284 valence electrons. The molecule has 3 aliphatic rings. The third-order valence-electron chi connectivity index (χ3n) is 10.5. The van der Waals surface area contributed by atoms with Crippen LogP contribution >= 0.6 is 0 Å². The lowest BCUT2D eigenvalue weighted by atomic mass is 9.82. The summed E-state index contributed by atoms with van der Waals surface area (Å²) >= 11 is 0. The van der Waals surface area contributed by atoms with Gasteiger partial charge in [0, 0.05) is 48.7 Å². The highest BCUT2D eigenvalue weighted by molar-refractivity contribution is 7.89. The van der Waals surface area contributed by atoms with E-state index in [-0.39, 0.29) is 69.8 Å². The molecule has 54 heavy (non-hydrogen) atoms. The fraction of sp³-hybridized carbons (Fsp3) is 0.350. The van der Waals surface area contributed by atoms with Gasteiger partial charge in [0.2, 0.25) is 20.0 Å². The number of carbonyl (C=O) groups excluding carboxylic acids is 2. The van der Waals surface area contributed by atoms with Crippen LogP contribution in [0.15, 0.2) is 58.3 Å². The van der Waals surface area contributed by atoms with Gasteiger partial charge in [-0.3, -0.25) is 9.59 Å². The third-order valence-corrected chi connectivity index (χ3v) is 14.9. The number of sulfonamides is 2. The van der Waals surface area contributed by atoms with Gasteiger partial charge >= 0.3 is 0 Å². The van der Waals surface area contributed by atoms with Crippen LogP contribution < -0.4 is 10.6 Å². The van der Waals surface area contributed by atoms with Gasteiger partial charge in [0.15, 0.2) is 11.6 Å². The number of anilines is 4. The Labute approximate surface area is 316 Å². The van der Waals surface area contributed by atoms with Gasteiger partial charge in [-0.25, -0.2) is 16.8 Å². The zero-order valence-corrected chi connectivity index (χ0v) is 32.9. The Balaban J connectivity index is 1.36. The summed E-state index contributed by atoms with van der Waals surface area (Å²) in [7, 11) is -7.75. The smallest absolute Gasteiger partial charge is 0.243 e. The average Bonchev–Trinajstić information content (AvgIpc) is 3.14. The van der Waals surface area contributed by atoms with Gasteiger partial charge in [-0.15, -0.1) is 0 Å². The third kappa shape index (κ3) is 6.34. The van der Waals surface area contributed by atoms with Crippen LogP contribution in [-0.2, 0) is 29.5 Å². The van der Waals surface area contributed by atoms with Crippen LogP contribution in [0.5, 0.6) is 0 Å². The second kappa shape index (κ2) is 14.3. The number of morpholine rings is 2. The number of carbonyl (C=O) groups is 2. The Morgan fingerprint density at radius 1 is 0.537 bits per heavy atom. The van der Waals surface area contributed by atoms with Gasteiger partial charge in [-0.2, -0.15) is 8.61 Å². The largest absolute Gasteiger partial charge is 0.379 e. The second-order valence-corrected chi connectivity index (χ2v) is 17.8. The molecule has 0 atom stereocenters. The lowest BCUT2D eigenvalue weighted by molar-refractivity contribution is 0.0730. The maximum absolute atomic E-state index is 14.4. The van der Waals surface area contributed by atoms with Gasteiger partial charge in [-0.1, -0.05) is 36.4 Å². The topological polar surface area (TPSA) is 151 Å². The lowest BCUT2D eigenvalue weighted by Gasteiger charge is -2.29. The molecule has 4 aromatic rings. The quantitative estimate of drug-likeness (QED) is 0.197. The fourth-order valence-corrected chi connectivity index (χ4v) is 11.7. The zero-order valence-electron chi connectivity index (χ0n) is 31.3. The van der Waals surface area contributed by atoms with E-state index in [1.54, 1.807) is 76.2 Å². The van der Waals surface area contributed by atoms with Crippen molar-refractivity contribution in [2.75, 3.05) is 63.2 Å². The molecule has 2 aliphatic heterocycles. The molecular weight excluding hydrogens is 729 g/mol. The lowest BCUT2D eigenvalue weighted by Crippen LogP contribution is -2.41. The van der Waals surface area contributed by atoms with Crippen LogP contribution in [0.25, 0.3) is 0 Å². The summed E-state index contributed by atoms with van der Waals surface area (Å²) < 4.78 is 69.5. The zero-order chi connectivity index (χ0) is 38.7. The van der Waals surface area contributed by atoms with Crippen molar-refractivity contribution in [1.29, 1.82) is 0 Å². The van der Waals surface area contributed by atoms with E-state index in [2.05, 4.69) is 10.6 Å². The molecule has 0 saturated carbocycles. The first kappa shape index (κ1) is 37.9. The summed E-state index contributed by atoms with van der Waals surface area (Å²) in [4.78, 5) is 29.2. The SMILES string of the molecule is Cc1cc(C)c(S(=O)(=O)N2CCOCC2)c(C)c1Nc1ccc(Nc2c(C)cc(C)c(S(=O)(=O)N3CCOCC3)c2C)c2c1C(=O)c1ccccc1C2=O. The predicted octanol–water partition coefficient (Wildman–Crippen LogP) is 5.84. The summed E-state index contributed by atoms with van der Waals surface area (Å²) in [6.07, 6.45) is 0. The molecule has 7 rings (SSSR count). The molecule has 0 amide bonds. The molecule has 1 aliphatic carbocycles. The molecule has 2 fully saturated rings. The summed E-state index contributed by atoms with van der Waals surface area (Å²) in [5.74, 6) is -0.745. The number of nitrogens with zero attached hydrogens (tertiary/aromatic N) is 2. The average molecular weight is 773 g/mol. The van der Waals surface area contributed by atoms with Gasteiger partial charge in [-0.05, 0) is 87.1 Å². The summed E-state index contributed by atoms with van der Waals surface area (Å²) in [6.45, 7) is 13.0. The molecule has 12 nitrogen and oxygen atoms in total. The van der Waals surface area contributed by atoms with Gasteiger partial charge < -0.3 is 20.1 Å². The number of ketones is 2. The van der Waals surface area contributed by atoms with Crippen molar-refractivity contribution in [3.8, 4) is 0 Å². The molecule has 0 spiro atoms. The summed E-state index contributed by atoms with van der Waals surface area (Å²) in [6, 6.07) is 13.6. The first-order chi connectivity index (χ1) is 25.6. The molecule has 0 radical (unpaired) electrons. The minimum absolute atomic E-state index is 0.129. The van der Waals surface area contributed by atoms with Crippen LogP contribution in [-0.4, -0.2) is 89.6 Å². The number of ether oxygens (including phenoxy) is 2. The van der Waals surface area contributed by atoms with E-state index in [4.69, 9.17) is 9.47 Å². The number of aryl methyl sites for hydroxylation is 4. The summed E-state index contributed by atoms with van der Waals surface area (Å²) in [5, 5.41) is 6.75. The van der Waals surface area contributed by atoms with E-state index >= 15 is 0 Å². The number of benzene rings is 4. The molecule has 2 saturated heterocycles. The maximum Gasteiger partial charge on any atom is 0.243 e. The Morgan fingerprint density at radius 3 is 1.24 bits per heavy atom. The van der Waals surface area contributed by atoms with Gasteiger partial charge in [0.1, 0.15) is 0 Å². The van der Waals surface area contributed by atoms with Crippen LogP contribution in [0.4, 0.5) is 22.7 Å². The molecular formula is C40H44N4O8S2. The Hall–Kier alpha value is -4.44. The van der Waals surface area contributed by atoms with Crippen LogP contribution in [0.2, 0.25) is 0 Å². The van der Waals surface area contributed by atoms with Crippen molar-refractivity contribution in [2.45, 2.75) is 51.3 Å². The highest BCUT2D eigenvalue weighted by Crippen LogP contribution is 2.42. The van der Waals surface area contributed by atoms with Crippen molar-refractivity contribution < 1.29 is 35.9 Å². The highest BCUT2D eigenvalue weighted by atomic mass is 32.2. The van der Waals surface area contributed by atoms with E-state index in [1.165, 1.54) is 8.61 Å². The fourth-order valence-electron chi connectivity index (χ4n) is 8.05. The van der Waals surface area contributed by atoms with Crippen molar-refractivity contribution in [3.63, 3.8) is 0 Å². The van der Waals surface area contributed by atoms with E-state index in [0.29, 0.717) is 71.4 Å². The van der Waals surface area contributed by atoms with Crippen molar-refractivity contribution in [2.24, 2.45) is 0 Å². The highest BCUT2D eigenvalue weighted by Gasteiger charge is 2.36.